The van der Waals surface area contributed by atoms with Crippen LogP contribution in [0.25, 0.3) is 0 Å². The summed E-state index contributed by atoms with van der Waals surface area (Å²) in [5.41, 5.74) is 3.65. The number of rotatable bonds is 6. The van der Waals surface area contributed by atoms with Crippen LogP contribution < -0.4 is 10.5 Å². The maximum Gasteiger partial charge on any atom is 0.416 e. The Morgan fingerprint density at radius 3 is 2.52 bits per heavy atom. The number of hydrogen-bond donors (Lipinski definition) is 3. The molecule has 0 aromatic heterocycles. The molecule has 21 heavy (non-hydrogen) atoms. The lowest BCUT2D eigenvalue weighted by molar-refractivity contribution is -0.137. The minimum absolute atomic E-state index is 0.0780. The topological polar surface area (TPSA) is 105 Å². The molecule has 0 spiro atoms. The Morgan fingerprint density at radius 2 is 2.05 bits per heavy atom. The first-order chi connectivity index (χ1) is 9.57. The Hall–Kier alpha value is -1.81. The maximum atomic E-state index is 12.6. The van der Waals surface area contributed by atoms with E-state index < -0.39 is 27.6 Å². The number of benzene rings is 1. The first-order valence-corrected chi connectivity index (χ1v) is 7.27. The quantitative estimate of drug-likeness (QED) is 0.543. The highest BCUT2D eigenvalue weighted by atomic mass is 32.2. The van der Waals surface area contributed by atoms with Gasteiger partial charge in [0.1, 0.15) is 5.84 Å². The molecule has 10 heteroatoms. The molecular weight excluding hydrogens is 311 g/mol. The Kier molecular flexibility index (Phi) is 5.18. The molecule has 0 saturated carbocycles. The summed E-state index contributed by atoms with van der Waals surface area (Å²) in [4.78, 5) is 0. The van der Waals surface area contributed by atoms with Crippen molar-refractivity contribution in [2.45, 2.75) is 6.18 Å². The SMILES string of the molecule is COCCS(=O)(=O)Nc1ccc(C(F)(F)F)cc1C(=N)N. The number of alkyl halides is 3. The van der Waals surface area contributed by atoms with E-state index in [0.29, 0.717) is 12.1 Å². The van der Waals surface area contributed by atoms with Crippen molar-refractivity contribution in [3.05, 3.63) is 29.3 Å². The van der Waals surface area contributed by atoms with E-state index in [9.17, 15) is 21.6 Å². The summed E-state index contributed by atoms with van der Waals surface area (Å²) in [6.45, 7) is -0.0780. The number of amidine groups is 1. The van der Waals surface area contributed by atoms with Crippen LogP contribution in [0.5, 0.6) is 0 Å². The molecule has 0 aliphatic rings. The summed E-state index contributed by atoms with van der Waals surface area (Å²) >= 11 is 0. The number of methoxy groups -OCH3 is 1. The van der Waals surface area contributed by atoms with Crippen LogP contribution >= 0.6 is 0 Å². The average molecular weight is 325 g/mol. The van der Waals surface area contributed by atoms with Crippen LogP contribution in [-0.4, -0.2) is 33.7 Å². The zero-order valence-electron chi connectivity index (χ0n) is 11.0. The van der Waals surface area contributed by atoms with Gasteiger partial charge in [0.2, 0.25) is 10.0 Å². The Bertz CT molecular complexity index is 629. The predicted molar refractivity (Wildman–Crippen MR) is 71.7 cm³/mol. The van der Waals surface area contributed by atoms with Crippen molar-refractivity contribution < 1.29 is 26.3 Å². The normalized spacial score (nSPS) is 12.2. The van der Waals surface area contributed by atoms with Gasteiger partial charge in [-0.25, -0.2) is 8.42 Å². The molecule has 1 aromatic carbocycles. The Morgan fingerprint density at radius 1 is 1.43 bits per heavy atom. The van der Waals surface area contributed by atoms with E-state index >= 15 is 0 Å². The third kappa shape index (κ3) is 4.90. The van der Waals surface area contributed by atoms with Crippen molar-refractivity contribution in [2.75, 3.05) is 24.2 Å². The molecule has 118 valence electrons. The molecule has 0 unspecified atom stereocenters. The van der Waals surface area contributed by atoms with Crippen molar-refractivity contribution in [1.82, 2.24) is 0 Å². The smallest absolute Gasteiger partial charge is 0.384 e. The summed E-state index contributed by atoms with van der Waals surface area (Å²) < 4.78 is 67.9. The number of nitrogens with two attached hydrogens (primary N) is 1. The zero-order valence-corrected chi connectivity index (χ0v) is 11.8. The molecule has 1 rings (SSSR count). The van der Waals surface area contributed by atoms with Gasteiger partial charge in [0.15, 0.2) is 0 Å². The largest absolute Gasteiger partial charge is 0.416 e. The number of halogens is 3. The lowest BCUT2D eigenvalue weighted by Gasteiger charge is -2.14. The highest BCUT2D eigenvalue weighted by molar-refractivity contribution is 7.92. The molecule has 0 radical (unpaired) electrons. The minimum atomic E-state index is -4.61. The van der Waals surface area contributed by atoms with E-state index in [1.165, 1.54) is 7.11 Å². The predicted octanol–water partition coefficient (Wildman–Crippen LogP) is 1.38. The van der Waals surface area contributed by atoms with E-state index in [2.05, 4.69) is 9.46 Å². The average Bonchev–Trinajstić information content (AvgIpc) is 2.34. The summed E-state index contributed by atoms with van der Waals surface area (Å²) in [5.74, 6) is -1.05. The molecule has 0 saturated heterocycles. The van der Waals surface area contributed by atoms with Gasteiger partial charge in [-0.1, -0.05) is 0 Å². The Labute approximate surface area is 119 Å². The van der Waals surface area contributed by atoms with Crippen molar-refractivity contribution in [3.63, 3.8) is 0 Å². The third-order valence-corrected chi connectivity index (χ3v) is 3.69. The summed E-state index contributed by atoms with van der Waals surface area (Å²) in [6.07, 6.45) is -4.61. The van der Waals surface area contributed by atoms with E-state index in [1.54, 1.807) is 0 Å². The summed E-state index contributed by atoms with van der Waals surface area (Å²) in [5, 5.41) is 7.27. The highest BCUT2D eigenvalue weighted by Crippen LogP contribution is 2.32. The molecule has 4 N–H and O–H groups in total. The second kappa shape index (κ2) is 6.31. The van der Waals surface area contributed by atoms with E-state index in [-0.39, 0.29) is 23.6 Å². The monoisotopic (exact) mass is 325 g/mol. The molecule has 0 aliphatic carbocycles. The van der Waals surface area contributed by atoms with Gasteiger partial charge in [-0.05, 0) is 18.2 Å². The standard InChI is InChI=1S/C11H14F3N3O3S/c1-20-4-5-21(18,19)17-9-3-2-7(11(12,13)14)6-8(9)10(15)16/h2-3,6,17H,4-5H2,1H3,(H3,15,16). The first-order valence-electron chi connectivity index (χ1n) is 5.62. The van der Waals surface area contributed by atoms with Crippen molar-refractivity contribution >= 4 is 21.5 Å². The second-order valence-corrected chi connectivity index (χ2v) is 5.93. The van der Waals surface area contributed by atoms with Crippen molar-refractivity contribution in [2.24, 2.45) is 5.73 Å². The highest BCUT2D eigenvalue weighted by Gasteiger charge is 2.31. The number of ether oxygens (including phenoxy) is 1. The number of hydrogen-bond acceptors (Lipinski definition) is 4. The van der Waals surface area contributed by atoms with Crippen LogP contribution in [0, 0.1) is 5.41 Å². The van der Waals surface area contributed by atoms with Gasteiger partial charge in [0.05, 0.1) is 23.6 Å². The van der Waals surface area contributed by atoms with Crippen LogP contribution in [0.4, 0.5) is 18.9 Å². The number of anilines is 1. The fraction of sp³-hybridized carbons (Fsp3) is 0.364. The molecule has 0 aliphatic heterocycles. The fourth-order valence-electron chi connectivity index (χ4n) is 1.44. The fourth-order valence-corrected chi connectivity index (χ4v) is 2.45. The van der Waals surface area contributed by atoms with Gasteiger partial charge in [-0.15, -0.1) is 0 Å². The lowest BCUT2D eigenvalue weighted by atomic mass is 10.1. The molecule has 0 heterocycles. The van der Waals surface area contributed by atoms with Crippen LogP contribution in [0.15, 0.2) is 18.2 Å². The van der Waals surface area contributed by atoms with Gasteiger partial charge in [-0.2, -0.15) is 13.2 Å². The van der Waals surface area contributed by atoms with Crippen LogP contribution in [0.1, 0.15) is 11.1 Å². The Balaban J connectivity index is 3.17. The van der Waals surface area contributed by atoms with E-state index in [1.807, 2.05) is 0 Å². The maximum absolute atomic E-state index is 12.6. The first kappa shape index (κ1) is 17.2. The summed E-state index contributed by atoms with van der Waals surface area (Å²) in [6, 6.07) is 2.25. The molecule has 0 fully saturated rings. The molecule has 6 nitrogen and oxygen atoms in total. The van der Waals surface area contributed by atoms with E-state index in [4.69, 9.17) is 11.1 Å². The van der Waals surface area contributed by atoms with Crippen LogP contribution in [0.3, 0.4) is 0 Å². The van der Waals surface area contributed by atoms with E-state index in [0.717, 1.165) is 6.07 Å². The van der Waals surface area contributed by atoms with Crippen LogP contribution in [-0.2, 0) is 20.9 Å². The minimum Gasteiger partial charge on any atom is -0.384 e. The summed E-state index contributed by atoms with van der Waals surface area (Å²) in [7, 11) is -2.50. The molecular formula is C11H14F3N3O3S. The van der Waals surface area contributed by atoms with Gasteiger partial charge in [0.25, 0.3) is 0 Å². The number of nitrogen functional groups attached to an aromatic ring is 1. The second-order valence-electron chi connectivity index (χ2n) is 4.09. The van der Waals surface area contributed by atoms with Gasteiger partial charge < -0.3 is 10.5 Å². The molecule has 0 atom stereocenters. The third-order valence-electron chi connectivity index (χ3n) is 2.46. The van der Waals surface area contributed by atoms with Gasteiger partial charge >= 0.3 is 6.18 Å². The lowest BCUT2D eigenvalue weighted by Crippen LogP contribution is -2.23. The van der Waals surface area contributed by atoms with Crippen LogP contribution in [0.2, 0.25) is 0 Å². The van der Waals surface area contributed by atoms with Crippen molar-refractivity contribution in [1.29, 1.82) is 5.41 Å². The molecule has 0 bridgehead atoms. The number of nitrogens with one attached hydrogen (secondary N) is 2. The van der Waals surface area contributed by atoms with Gasteiger partial charge in [-0.3, -0.25) is 10.1 Å². The molecule has 1 aromatic rings. The number of sulfonamides is 1. The molecule has 0 amide bonds. The zero-order chi connectivity index (χ0) is 16.3. The van der Waals surface area contributed by atoms with Gasteiger partial charge in [0, 0.05) is 12.7 Å². The van der Waals surface area contributed by atoms with Crippen molar-refractivity contribution in [3.8, 4) is 0 Å².